The lowest BCUT2D eigenvalue weighted by atomic mass is 9.98. The maximum atomic E-state index is 13.6. The highest BCUT2D eigenvalue weighted by Crippen LogP contribution is 2.45. The molecule has 0 bridgehead atoms. The Kier molecular flexibility index (Phi) is 4.95. The van der Waals surface area contributed by atoms with Crippen LogP contribution in [0.2, 0.25) is 0 Å². The second-order valence-electron chi connectivity index (χ2n) is 9.33. The lowest BCUT2D eigenvalue weighted by Crippen LogP contribution is -2.40. The van der Waals surface area contributed by atoms with Crippen LogP contribution in [0.5, 0.6) is 11.5 Å². The first-order chi connectivity index (χ1) is 16.2. The Morgan fingerprint density at radius 1 is 1.06 bits per heavy atom. The third-order valence-electron chi connectivity index (χ3n) is 6.60. The molecule has 0 amide bonds. The van der Waals surface area contributed by atoms with Crippen molar-refractivity contribution in [2.75, 3.05) is 13.7 Å². The molecule has 1 atom stereocenters. The number of fused-ring (bicyclic) bond motifs is 3. The standard InChI is InChI=1S/C26H27N3O5/c1-26(2)14-34-23(16-7-6-8-17(30)13-16)22-21-19(24(31)28(4)25(32)27(21)3)20(29(22)26)15-9-11-18(33-5)12-10-15/h6-13,23,30H,14H2,1-5H3/t23-/m1/s1. The molecule has 1 aliphatic heterocycles. The van der Waals surface area contributed by atoms with E-state index in [1.165, 1.54) is 11.6 Å². The van der Waals surface area contributed by atoms with Gasteiger partial charge in [0.1, 0.15) is 17.6 Å². The Morgan fingerprint density at radius 2 is 1.76 bits per heavy atom. The summed E-state index contributed by atoms with van der Waals surface area (Å²) in [4.78, 5) is 26.6. The van der Waals surface area contributed by atoms with Crippen LogP contribution in [0.1, 0.15) is 31.2 Å². The van der Waals surface area contributed by atoms with E-state index in [4.69, 9.17) is 9.47 Å². The molecular formula is C26H27N3O5. The third kappa shape index (κ3) is 3.09. The minimum atomic E-state index is -0.577. The number of phenolic OH excluding ortho intramolecular Hbond substituents is 1. The molecule has 176 valence electrons. The Hall–Kier alpha value is -3.78. The largest absolute Gasteiger partial charge is 0.508 e. The summed E-state index contributed by atoms with van der Waals surface area (Å²) in [6.07, 6.45) is -0.577. The molecule has 2 aromatic heterocycles. The van der Waals surface area contributed by atoms with Crippen LogP contribution in [0.4, 0.5) is 0 Å². The van der Waals surface area contributed by atoms with Gasteiger partial charge < -0.3 is 19.1 Å². The number of benzene rings is 2. The number of hydrogen-bond donors (Lipinski definition) is 1. The van der Waals surface area contributed by atoms with E-state index in [9.17, 15) is 14.7 Å². The van der Waals surface area contributed by atoms with Gasteiger partial charge in [-0.3, -0.25) is 13.9 Å². The van der Waals surface area contributed by atoms with Crippen molar-refractivity contribution in [1.82, 2.24) is 13.7 Å². The van der Waals surface area contributed by atoms with Crippen molar-refractivity contribution in [3.8, 4) is 22.8 Å². The van der Waals surface area contributed by atoms with Crippen LogP contribution in [0.15, 0.2) is 58.1 Å². The van der Waals surface area contributed by atoms with Gasteiger partial charge in [-0.05, 0) is 61.4 Å². The Balaban J connectivity index is 1.98. The zero-order valence-corrected chi connectivity index (χ0v) is 19.8. The van der Waals surface area contributed by atoms with Gasteiger partial charge in [0, 0.05) is 14.1 Å². The normalized spacial score (nSPS) is 17.0. The summed E-state index contributed by atoms with van der Waals surface area (Å²) < 4.78 is 16.4. The number of rotatable bonds is 3. The molecule has 3 heterocycles. The summed E-state index contributed by atoms with van der Waals surface area (Å²) in [5.74, 6) is 0.826. The van der Waals surface area contributed by atoms with Crippen LogP contribution < -0.4 is 16.0 Å². The van der Waals surface area contributed by atoms with Gasteiger partial charge in [0.15, 0.2) is 0 Å². The van der Waals surface area contributed by atoms with E-state index in [1.807, 2.05) is 44.2 Å². The third-order valence-corrected chi connectivity index (χ3v) is 6.60. The topological polar surface area (TPSA) is 87.6 Å². The molecule has 0 radical (unpaired) electrons. The molecular weight excluding hydrogens is 434 g/mol. The molecule has 8 heteroatoms. The van der Waals surface area contributed by atoms with Crippen molar-refractivity contribution in [2.45, 2.75) is 25.5 Å². The van der Waals surface area contributed by atoms with Crippen LogP contribution in [-0.4, -0.2) is 32.5 Å². The van der Waals surface area contributed by atoms with Gasteiger partial charge in [-0.15, -0.1) is 0 Å². The van der Waals surface area contributed by atoms with E-state index >= 15 is 0 Å². The van der Waals surface area contributed by atoms with Gasteiger partial charge in [0.05, 0.1) is 41.5 Å². The molecule has 0 unspecified atom stereocenters. The van der Waals surface area contributed by atoms with Gasteiger partial charge >= 0.3 is 5.69 Å². The van der Waals surface area contributed by atoms with Gasteiger partial charge in [0.25, 0.3) is 5.56 Å². The van der Waals surface area contributed by atoms with Crippen molar-refractivity contribution in [2.24, 2.45) is 14.1 Å². The van der Waals surface area contributed by atoms with Crippen molar-refractivity contribution in [3.63, 3.8) is 0 Å². The molecule has 1 N–H and O–H groups in total. The first-order valence-electron chi connectivity index (χ1n) is 11.1. The highest BCUT2D eigenvalue weighted by atomic mass is 16.5. The minimum Gasteiger partial charge on any atom is -0.508 e. The number of aromatic hydroxyl groups is 1. The molecule has 1 aliphatic rings. The van der Waals surface area contributed by atoms with Crippen LogP contribution >= 0.6 is 0 Å². The SMILES string of the molecule is COc1ccc(-c2c3c(=O)n(C)c(=O)n(C)c3c3n2C(C)(C)CO[C@@H]3c2cccc(O)c2)cc1. The molecule has 0 aliphatic carbocycles. The molecule has 0 spiro atoms. The Bertz CT molecular complexity index is 1540. The summed E-state index contributed by atoms with van der Waals surface area (Å²) in [6.45, 7) is 4.46. The second-order valence-corrected chi connectivity index (χ2v) is 9.33. The molecule has 0 saturated heterocycles. The van der Waals surface area contributed by atoms with Gasteiger partial charge in [-0.1, -0.05) is 12.1 Å². The summed E-state index contributed by atoms with van der Waals surface area (Å²) in [5, 5.41) is 10.6. The predicted molar refractivity (Wildman–Crippen MR) is 130 cm³/mol. The summed E-state index contributed by atoms with van der Waals surface area (Å²) in [7, 11) is 4.77. The van der Waals surface area contributed by atoms with E-state index < -0.39 is 17.3 Å². The Morgan fingerprint density at radius 3 is 2.41 bits per heavy atom. The van der Waals surface area contributed by atoms with E-state index in [0.717, 1.165) is 21.4 Å². The van der Waals surface area contributed by atoms with E-state index in [2.05, 4.69) is 4.57 Å². The molecule has 2 aromatic carbocycles. The average Bonchev–Trinajstić information content (AvgIpc) is 3.19. The number of phenols is 1. The van der Waals surface area contributed by atoms with E-state index in [-0.39, 0.29) is 11.3 Å². The smallest absolute Gasteiger partial charge is 0.331 e. The number of aryl methyl sites for hydroxylation is 1. The number of ether oxygens (including phenoxy) is 2. The van der Waals surface area contributed by atoms with E-state index in [1.54, 1.807) is 32.4 Å². The maximum absolute atomic E-state index is 13.6. The number of methoxy groups -OCH3 is 1. The average molecular weight is 462 g/mol. The summed E-state index contributed by atoms with van der Waals surface area (Å²) >= 11 is 0. The molecule has 8 nitrogen and oxygen atoms in total. The highest BCUT2D eigenvalue weighted by molar-refractivity contribution is 5.97. The zero-order valence-electron chi connectivity index (χ0n) is 19.8. The van der Waals surface area contributed by atoms with E-state index in [0.29, 0.717) is 29.0 Å². The molecule has 5 rings (SSSR count). The number of nitrogens with zero attached hydrogens (tertiary/aromatic N) is 3. The summed E-state index contributed by atoms with van der Waals surface area (Å²) in [6, 6.07) is 14.4. The lowest BCUT2D eigenvalue weighted by Gasteiger charge is -2.39. The van der Waals surface area contributed by atoms with Crippen molar-refractivity contribution in [3.05, 3.63) is 80.6 Å². The van der Waals surface area contributed by atoms with Gasteiger partial charge in [0.2, 0.25) is 0 Å². The first-order valence-corrected chi connectivity index (χ1v) is 11.1. The first kappa shape index (κ1) is 22.0. The van der Waals surface area contributed by atoms with Crippen LogP contribution in [-0.2, 0) is 24.4 Å². The summed E-state index contributed by atoms with van der Waals surface area (Å²) in [5.41, 5.74) is 2.24. The van der Waals surface area contributed by atoms with Crippen LogP contribution in [0, 0.1) is 0 Å². The maximum Gasteiger partial charge on any atom is 0.331 e. The molecule has 34 heavy (non-hydrogen) atoms. The predicted octanol–water partition coefficient (Wildman–Crippen LogP) is 3.27. The second kappa shape index (κ2) is 7.63. The molecule has 0 saturated carbocycles. The lowest BCUT2D eigenvalue weighted by molar-refractivity contribution is -0.00714. The fraction of sp³-hybridized carbons (Fsp3) is 0.308. The van der Waals surface area contributed by atoms with Gasteiger partial charge in [-0.25, -0.2) is 4.79 Å². The zero-order chi connectivity index (χ0) is 24.4. The monoisotopic (exact) mass is 461 g/mol. The minimum absolute atomic E-state index is 0.119. The van der Waals surface area contributed by atoms with Crippen molar-refractivity contribution in [1.29, 1.82) is 0 Å². The Labute approximate surface area is 196 Å². The number of hydrogen-bond acceptors (Lipinski definition) is 5. The van der Waals surface area contributed by atoms with Crippen LogP contribution in [0.25, 0.3) is 22.2 Å². The fourth-order valence-electron chi connectivity index (χ4n) is 4.96. The fourth-order valence-corrected chi connectivity index (χ4v) is 4.96. The van der Waals surface area contributed by atoms with Crippen molar-refractivity contribution >= 4 is 10.9 Å². The quantitative estimate of drug-likeness (QED) is 0.506. The van der Waals surface area contributed by atoms with Gasteiger partial charge in [-0.2, -0.15) is 0 Å². The van der Waals surface area contributed by atoms with Crippen molar-refractivity contribution < 1.29 is 14.6 Å². The van der Waals surface area contributed by atoms with Crippen LogP contribution in [0.3, 0.4) is 0 Å². The highest BCUT2D eigenvalue weighted by Gasteiger charge is 2.40. The molecule has 4 aromatic rings. The molecule has 0 fully saturated rings. The number of aromatic nitrogens is 3.